The third kappa shape index (κ3) is 5.70. The number of nitriles is 1. The van der Waals surface area contributed by atoms with Gasteiger partial charge in [-0.25, -0.2) is 0 Å². The van der Waals surface area contributed by atoms with Crippen molar-refractivity contribution in [1.82, 2.24) is 5.32 Å². The van der Waals surface area contributed by atoms with Gasteiger partial charge in [0.1, 0.15) is 0 Å². The van der Waals surface area contributed by atoms with Crippen LogP contribution in [-0.2, 0) is 11.3 Å². The minimum absolute atomic E-state index is 0.227. The van der Waals surface area contributed by atoms with Crippen molar-refractivity contribution in [3.05, 3.63) is 39.9 Å². The summed E-state index contributed by atoms with van der Waals surface area (Å²) in [6.45, 7) is 2.23. The number of nitrogens with zero attached hydrogens (tertiary/aromatic N) is 1. The molecule has 0 aliphatic heterocycles. The van der Waals surface area contributed by atoms with Crippen LogP contribution >= 0.6 is 15.9 Å². The van der Waals surface area contributed by atoms with Crippen LogP contribution in [0.1, 0.15) is 18.1 Å². The van der Waals surface area contributed by atoms with Crippen LogP contribution in [0.2, 0.25) is 0 Å². The lowest BCUT2D eigenvalue weighted by atomic mass is 10.1. The molecule has 2 aromatic rings. The summed E-state index contributed by atoms with van der Waals surface area (Å²) in [5, 5.41) is 11.9. The van der Waals surface area contributed by atoms with Gasteiger partial charge >= 0.3 is 0 Å². The molecule has 0 saturated carbocycles. The van der Waals surface area contributed by atoms with Crippen molar-refractivity contribution in [2.24, 2.45) is 0 Å². The number of rotatable bonds is 10. The van der Waals surface area contributed by atoms with Gasteiger partial charge in [0.05, 0.1) is 44.0 Å². The average Bonchev–Trinajstić information content (AvgIpc) is 2.76. The molecule has 0 heterocycles. The van der Waals surface area contributed by atoms with Crippen LogP contribution in [-0.4, -0.2) is 40.5 Å². The van der Waals surface area contributed by atoms with Crippen molar-refractivity contribution < 1.29 is 28.5 Å². The van der Waals surface area contributed by atoms with E-state index in [1.807, 2.05) is 13.0 Å². The molecule has 9 heteroatoms. The van der Waals surface area contributed by atoms with Crippen LogP contribution in [0.4, 0.5) is 0 Å². The summed E-state index contributed by atoms with van der Waals surface area (Å²) in [5.41, 5.74) is 1.19. The van der Waals surface area contributed by atoms with Gasteiger partial charge in [0.25, 0.3) is 5.91 Å². The van der Waals surface area contributed by atoms with Crippen LogP contribution in [0.25, 0.3) is 0 Å². The molecule has 0 atom stereocenters. The van der Waals surface area contributed by atoms with Crippen molar-refractivity contribution in [1.29, 1.82) is 5.26 Å². The van der Waals surface area contributed by atoms with Gasteiger partial charge in [0.2, 0.25) is 5.75 Å². The molecule has 0 aliphatic rings. The van der Waals surface area contributed by atoms with Gasteiger partial charge in [-0.15, -0.1) is 0 Å². The number of amides is 1. The van der Waals surface area contributed by atoms with E-state index in [-0.39, 0.29) is 19.1 Å². The maximum absolute atomic E-state index is 12.3. The normalized spacial score (nSPS) is 10.0. The highest BCUT2D eigenvalue weighted by atomic mass is 79.9. The summed E-state index contributed by atoms with van der Waals surface area (Å²) in [5.74, 6) is 1.90. The van der Waals surface area contributed by atoms with Gasteiger partial charge in [0.15, 0.2) is 29.6 Å². The second-order valence-electron chi connectivity index (χ2n) is 5.93. The Kier molecular flexibility index (Phi) is 8.62. The largest absolute Gasteiger partial charge is 0.493 e. The minimum atomic E-state index is -0.331. The molecule has 0 unspecified atom stereocenters. The van der Waals surface area contributed by atoms with Gasteiger partial charge in [0, 0.05) is 12.6 Å². The van der Waals surface area contributed by atoms with Crippen LogP contribution in [0.5, 0.6) is 28.7 Å². The quantitative estimate of drug-likeness (QED) is 0.558. The Balaban J connectivity index is 2.05. The van der Waals surface area contributed by atoms with Gasteiger partial charge in [-0.3, -0.25) is 4.79 Å². The van der Waals surface area contributed by atoms with E-state index in [2.05, 4.69) is 21.2 Å². The zero-order valence-electron chi connectivity index (χ0n) is 17.2. The topological polar surface area (TPSA) is 99.0 Å². The van der Waals surface area contributed by atoms with E-state index < -0.39 is 0 Å². The van der Waals surface area contributed by atoms with Crippen molar-refractivity contribution >= 4 is 21.8 Å². The van der Waals surface area contributed by atoms with Crippen LogP contribution in [0, 0.1) is 11.3 Å². The summed E-state index contributed by atoms with van der Waals surface area (Å²) < 4.78 is 27.6. The third-order valence-electron chi connectivity index (χ3n) is 4.00. The van der Waals surface area contributed by atoms with E-state index in [1.165, 1.54) is 21.3 Å². The predicted molar refractivity (Wildman–Crippen MR) is 113 cm³/mol. The van der Waals surface area contributed by atoms with E-state index in [0.717, 1.165) is 5.56 Å². The number of halogens is 1. The molecule has 0 aliphatic carbocycles. The first-order valence-corrected chi connectivity index (χ1v) is 9.81. The maximum Gasteiger partial charge on any atom is 0.258 e. The Morgan fingerprint density at radius 3 is 2.20 bits per heavy atom. The molecule has 0 saturated heterocycles. The van der Waals surface area contributed by atoms with E-state index >= 15 is 0 Å². The zero-order chi connectivity index (χ0) is 22.1. The first-order chi connectivity index (χ1) is 14.5. The number of nitrogens with one attached hydrogen (secondary N) is 1. The molecule has 1 N–H and O–H groups in total. The molecular formula is C21H23BrN2O6. The number of methoxy groups -OCH3 is 3. The Labute approximate surface area is 183 Å². The number of hydrogen-bond acceptors (Lipinski definition) is 7. The Bertz CT molecular complexity index is 917. The van der Waals surface area contributed by atoms with Gasteiger partial charge in [-0.1, -0.05) is 0 Å². The standard InChI is InChI=1S/C21H23BrN2O6/c1-5-29-18-7-13(10-23)6-15(22)20(18)30-12-19(25)24-11-14-8-16(26-2)21(28-4)17(9-14)27-3/h6-9H,5,11-12H2,1-4H3,(H,24,25). The summed E-state index contributed by atoms with van der Waals surface area (Å²) in [6.07, 6.45) is 0. The highest BCUT2D eigenvalue weighted by Crippen LogP contribution is 2.38. The fourth-order valence-corrected chi connectivity index (χ4v) is 3.22. The Morgan fingerprint density at radius 2 is 1.67 bits per heavy atom. The summed E-state index contributed by atoms with van der Waals surface area (Å²) in [7, 11) is 4.58. The first kappa shape index (κ1) is 23.2. The molecule has 0 aromatic heterocycles. The third-order valence-corrected chi connectivity index (χ3v) is 4.59. The fraction of sp³-hybridized carbons (Fsp3) is 0.333. The summed E-state index contributed by atoms with van der Waals surface area (Å²) in [6, 6.07) is 8.73. The highest BCUT2D eigenvalue weighted by Gasteiger charge is 2.16. The molecule has 0 spiro atoms. The molecule has 30 heavy (non-hydrogen) atoms. The molecule has 0 fully saturated rings. The SMILES string of the molecule is CCOc1cc(C#N)cc(Br)c1OCC(=O)NCc1cc(OC)c(OC)c(OC)c1. The number of benzene rings is 2. The molecular weight excluding hydrogens is 456 g/mol. The molecule has 1 amide bonds. The molecule has 8 nitrogen and oxygen atoms in total. The van der Waals surface area contributed by atoms with Gasteiger partial charge < -0.3 is 29.0 Å². The van der Waals surface area contributed by atoms with E-state index in [0.29, 0.717) is 45.4 Å². The fourth-order valence-electron chi connectivity index (χ4n) is 2.66. The zero-order valence-corrected chi connectivity index (χ0v) is 18.8. The second-order valence-corrected chi connectivity index (χ2v) is 6.78. The molecule has 2 rings (SSSR count). The maximum atomic E-state index is 12.3. The number of carbonyl (C=O) groups excluding carboxylic acids is 1. The Hall–Kier alpha value is -3.12. The number of hydrogen-bond donors (Lipinski definition) is 1. The van der Waals surface area contributed by atoms with Crippen molar-refractivity contribution in [3.8, 4) is 34.8 Å². The molecule has 2 aromatic carbocycles. The smallest absolute Gasteiger partial charge is 0.258 e. The van der Waals surface area contributed by atoms with E-state index in [9.17, 15) is 4.79 Å². The van der Waals surface area contributed by atoms with Crippen LogP contribution < -0.4 is 29.0 Å². The average molecular weight is 479 g/mol. The molecule has 160 valence electrons. The van der Waals surface area contributed by atoms with Crippen LogP contribution in [0.3, 0.4) is 0 Å². The van der Waals surface area contributed by atoms with E-state index in [1.54, 1.807) is 24.3 Å². The lowest BCUT2D eigenvalue weighted by Crippen LogP contribution is -2.28. The lowest BCUT2D eigenvalue weighted by Gasteiger charge is -2.15. The molecule has 0 radical (unpaired) electrons. The summed E-state index contributed by atoms with van der Waals surface area (Å²) in [4.78, 5) is 12.3. The highest BCUT2D eigenvalue weighted by molar-refractivity contribution is 9.10. The van der Waals surface area contributed by atoms with Gasteiger partial charge in [-0.05, 0) is 46.6 Å². The van der Waals surface area contributed by atoms with Crippen molar-refractivity contribution in [3.63, 3.8) is 0 Å². The van der Waals surface area contributed by atoms with Crippen molar-refractivity contribution in [2.75, 3.05) is 34.5 Å². The minimum Gasteiger partial charge on any atom is -0.493 e. The monoisotopic (exact) mass is 478 g/mol. The predicted octanol–water partition coefficient (Wildman–Crippen LogP) is 3.44. The first-order valence-electron chi connectivity index (χ1n) is 9.02. The second kappa shape index (κ2) is 11.2. The lowest BCUT2D eigenvalue weighted by molar-refractivity contribution is -0.123. The van der Waals surface area contributed by atoms with Crippen LogP contribution in [0.15, 0.2) is 28.7 Å². The van der Waals surface area contributed by atoms with Gasteiger partial charge in [-0.2, -0.15) is 5.26 Å². The summed E-state index contributed by atoms with van der Waals surface area (Å²) >= 11 is 3.35. The molecule has 0 bridgehead atoms. The number of carbonyl (C=O) groups is 1. The van der Waals surface area contributed by atoms with Crippen molar-refractivity contribution in [2.45, 2.75) is 13.5 Å². The number of ether oxygens (including phenoxy) is 5. The van der Waals surface area contributed by atoms with E-state index in [4.69, 9.17) is 28.9 Å². The Morgan fingerprint density at radius 1 is 1.00 bits per heavy atom.